The van der Waals surface area contributed by atoms with E-state index in [9.17, 15) is 9.90 Å². The Bertz CT molecular complexity index is 829. The topological polar surface area (TPSA) is 78.0 Å². The second-order valence-corrected chi connectivity index (χ2v) is 6.44. The molecule has 134 valence electrons. The number of H-pyrrole nitrogens is 1. The predicted octanol–water partition coefficient (Wildman–Crippen LogP) is 3.36. The average Bonchev–Trinajstić information content (AvgIpc) is 3.16. The minimum atomic E-state index is -0.436. The molecular formula is C21H23N3O2. The van der Waals surface area contributed by atoms with Gasteiger partial charge in [-0.15, -0.1) is 0 Å². The zero-order valence-electron chi connectivity index (χ0n) is 14.7. The van der Waals surface area contributed by atoms with Crippen molar-refractivity contribution in [3.8, 4) is 11.3 Å². The van der Waals surface area contributed by atoms with Crippen LogP contribution in [0, 0.1) is 0 Å². The molecule has 3 N–H and O–H groups in total. The molecule has 3 aromatic rings. The Morgan fingerprint density at radius 2 is 1.77 bits per heavy atom. The van der Waals surface area contributed by atoms with E-state index in [-0.39, 0.29) is 11.8 Å². The van der Waals surface area contributed by atoms with Crippen LogP contribution in [0.4, 0.5) is 0 Å². The standard InChI is InChI=1S/C21H23N3O2/c1-15(25)12-18(16-8-4-2-5-9-16)14-22-21(26)20-13-19(23-24-20)17-10-6-3-7-11-17/h2-11,13,15,18,25H,12,14H2,1H3,(H,22,26)(H,23,24). The number of carbonyl (C=O) groups is 1. The lowest BCUT2D eigenvalue weighted by Crippen LogP contribution is -2.30. The molecule has 1 amide bonds. The molecule has 0 bridgehead atoms. The van der Waals surface area contributed by atoms with E-state index in [1.165, 1.54) is 0 Å². The molecule has 5 nitrogen and oxygen atoms in total. The Morgan fingerprint density at radius 1 is 1.12 bits per heavy atom. The summed E-state index contributed by atoms with van der Waals surface area (Å²) in [5, 5.41) is 19.7. The molecule has 0 spiro atoms. The van der Waals surface area contributed by atoms with Crippen LogP contribution in [0.2, 0.25) is 0 Å². The van der Waals surface area contributed by atoms with E-state index in [0.717, 1.165) is 16.8 Å². The number of aliphatic hydroxyl groups is 1. The summed E-state index contributed by atoms with van der Waals surface area (Å²) in [4.78, 5) is 12.5. The lowest BCUT2D eigenvalue weighted by molar-refractivity contribution is 0.0940. The minimum Gasteiger partial charge on any atom is -0.393 e. The van der Waals surface area contributed by atoms with Crippen LogP contribution >= 0.6 is 0 Å². The molecule has 26 heavy (non-hydrogen) atoms. The van der Waals surface area contributed by atoms with Crippen LogP contribution < -0.4 is 5.32 Å². The minimum absolute atomic E-state index is 0.0525. The molecule has 0 radical (unpaired) electrons. The summed E-state index contributed by atoms with van der Waals surface area (Å²) in [6.45, 7) is 2.21. The number of amides is 1. The third kappa shape index (κ3) is 4.58. The number of aromatic amines is 1. The Balaban J connectivity index is 1.66. The van der Waals surface area contributed by atoms with E-state index in [1.807, 2.05) is 60.7 Å². The molecule has 2 unspecified atom stereocenters. The van der Waals surface area contributed by atoms with Gasteiger partial charge in [0.15, 0.2) is 0 Å². The van der Waals surface area contributed by atoms with Crippen molar-refractivity contribution in [2.75, 3.05) is 6.54 Å². The molecule has 0 aliphatic heterocycles. The van der Waals surface area contributed by atoms with Crippen molar-refractivity contribution in [3.05, 3.63) is 78.0 Å². The molecule has 0 saturated carbocycles. The average molecular weight is 349 g/mol. The number of rotatable bonds is 7. The van der Waals surface area contributed by atoms with Crippen LogP contribution in [-0.2, 0) is 0 Å². The van der Waals surface area contributed by atoms with Gasteiger partial charge in [-0.25, -0.2) is 0 Å². The molecule has 1 aromatic heterocycles. The monoisotopic (exact) mass is 349 g/mol. The summed E-state index contributed by atoms with van der Waals surface area (Å²) in [6.07, 6.45) is 0.150. The predicted molar refractivity (Wildman–Crippen MR) is 102 cm³/mol. The number of nitrogens with one attached hydrogen (secondary N) is 2. The van der Waals surface area contributed by atoms with Crippen LogP contribution in [0.1, 0.15) is 35.3 Å². The fraction of sp³-hybridized carbons (Fsp3) is 0.238. The number of aliphatic hydroxyl groups excluding tert-OH is 1. The highest BCUT2D eigenvalue weighted by Gasteiger charge is 2.17. The van der Waals surface area contributed by atoms with E-state index in [0.29, 0.717) is 18.7 Å². The second-order valence-electron chi connectivity index (χ2n) is 6.44. The fourth-order valence-electron chi connectivity index (χ4n) is 2.98. The molecule has 0 saturated heterocycles. The normalized spacial score (nSPS) is 13.2. The Kier molecular flexibility index (Phi) is 5.81. The van der Waals surface area contributed by atoms with Crippen molar-refractivity contribution in [1.29, 1.82) is 0 Å². The molecule has 5 heteroatoms. The highest BCUT2D eigenvalue weighted by molar-refractivity contribution is 5.93. The molecule has 1 heterocycles. The van der Waals surface area contributed by atoms with Gasteiger partial charge in [0.05, 0.1) is 11.8 Å². The maximum Gasteiger partial charge on any atom is 0.269 e. The fourth-order valence-corrected chi connectivity index (χ4v) is 2.98. The van der Waals surface area contributed by atoms with Gasteiger partial charge in [0.25, 0.3) is 5.91 Å². The van der Waals surface area contributed by atoms with E-state index in [1.54, 1.807) is 13.0 Å². The highest BCUT2D eigenvalue weighted by Crippen LogP contribution is 2.21. The van der Waals surface area contributed by atoms with Crippen molar-refractivity contribution in [3.63, 3.8) is 0 Å². The van der Waals surface area contributed by atoms with Gasteiger partial charge in [0.2, 0.25) is 0 Å². The summed E-state index contributed by atoms with van der Waals surface area (Å²) in [6, 6.07) is 21.4. The molecular weight excluding hydrogens is 326 g/mol. The van der Waals surface area contributed by atoms with Crippen molar-refractivity contribution >= 4 is 5.91 Å². The summed E-state index contributed by atoms with van der Waals surface area (Å²) in [5.41, 5.74) is 3.22. The van der Waals surface area contributed by atoms with Crippen molar-refractivity contribution in [1.82, 2.24) is 15.5 Å². The van der Waals surface area contributed by atoms with Gasteiger partial charge in [0, 0.05) is 18.0 Å². The number of aromatic nitrogens is 2. The zero-order valence-corrected chi connectivity index (χ0v) is 14.7. The first kappa shape index (κ1) is 17.9. The van der Waals surface area contributed by atoms with Gasteiger partial charge < -0.3 is 10.4 Å². The third-order valence-electron chi connectivity index (χ3n) is 4.30. The van der Waals surface area contributed by atoms with E-state index >= 15 is 0 Å². The molecule has 2 atom stereocenters. The van der Waals surface area contributed by atoms with Crippen LogP contribution in [0.15, 0.2) is 66.7 Å². The molecule has 2 aromatic carbocycles. The van der Waals surface area contributed by atoms with E-state index in [2.05, 4.69) is 15.5 Å². The van der Waals surface area contributed by atoms with Crippen LogP contribution in [0.25, 0.3) is 11.3 Å². The maximum atomic E-state index is 12.5. The largest absolute Gasteiger partial charge is 0.393 e. The van der Waals surface area contributed by atoms with E-state index < -0.39 is 6.10 Å². The summed E-state index contributed by atoms with van der Waals surface area (Å²) < 4.78 is 0. The number of nitrogens with zero attached hydrogens (tertiary/aromatic N) is 1. The number of carbonyl (C=O) groups excluding carboxylic acids is 1. The van der Waals surface area contributed by atoms with Crippen LogP contribution in [0.3, 0.4) is 0 Å². The Labute approximate surface area is 153 Å². The van der Waals surface area contributed by atoms with Gasteiger partial charge in [-0.1, -0.05) is 60.7 Å². The van der Waals surface area contributed by atoms with Gasteiger partial charge in [-0.05, 0) is 25.0 Å². The Hall–Kier alpha value is -2.92. The quantitative estimate of drug-likeness (QED) is 0.612. The van der Waals surface area contributed by atoms with Crippen molar-refractivity contribution in [2.24, 2.45) is 0 Å². The number of benzene rings is 2. The first-order valence-corrected chi connectivity index (χ1v) is 8.75. The molecule has 0 fully saturated rings. The lowest BCUT2D eigenvalue weighted by Gasteiger charge is -2.19. The molecule has 0 aliphatic rings. The zero-order chi connectivity index (χ0) is 18.4. The number of hydrogen-bond acceptors (Lipinski definition) is 3. The van der Waals surface area contributed by atoms with Gasteiger partial charge in [-0.2, -0.15) is 5.10 Å². The highest BCUT2D eigenvalue weighted by atomic mass is 16.3. The van der Waals surface area contributed by atoms with Crippen LogP contribution in [0.5, 0.6) is 0 Å². The lowest BCUT2D eigenvalue weighted by atomic mass is 9.93. The molecule has 3 rings (SSSR count). The number of hydrogen-bond donors (Lipinski definition) is 3. The van der Waals surface area contributed by atoms with Gasteiger partial charge in [-0.3, -0.25) is 9.89 Å². The van der Waals surface area contributed by atoms with Crippen LogP contribution in [-0.4, -0.2) is 33.9 Å². The maximum absolute atomic E-state index is 12.5. The SMILES string of the molecule is CC(O)CC(CNC(=O)c1cc(-c2ccccc2)n[nH]1)c1ccccc1. The third-order valence-corrected chi connectivity index (χ3v) is 4.30. The first-order valence-electron chi connectivity index (χ1n) is 8.75. The Morgan fingerprint density at radius 3 is 2.42 bits per heavy atom. The van der Waals surface area contributed by atoms with Gasteiger partial charge in [0.1, 0.15) is 5.69 Å². The summed E-state index contributed by atoms with van der Waals surface area (Å²) in [5.74, 6) is -0.150. The van der Waals surface area contributed by atoms with E-state index in [4.69, 9.17) is 0 Å². The van der Waals surface area contributed by atoms with Crippen molar-refractivity contribution in [2.45, 2.75) is 25.4 Å². The summed E-state index contributed by atoms with van der Waals surface area (Å²) in [7, 11) is 0. The first-order chi connectivity index (χ1) is 12.6. The van der Waals surface area contributed by atoms with Crippen molar-refractivity contribution < 1.29 is 9.90 Å². The smallest absolute Gasteiger partial charge is 0.269 e. The second kappa shape index (κ2) is 8.45. The van der Waals surface area contributed by atoms with Gasteiger partial charge >= 0.3 is 0 Å². The summed E-state index contributed by atoms with van der Waals surface area (Å²) >= 11 is 0. The molecule has 0 aliphatic carbocycles.